The predicted octanol–water partition coefficient (Wildman–Crippen LogP) is 8.60. The third kappa shape index (κ3) is 3.23. The molecule has 1 heterocycles. The summed E-state index contributed by atoms with van der Waals surface area (Å²) in [5.74, 6) is 0.532. The van der Waals surface area contributed by atoms with Gasteiger partial charge in [0.05, 0.1) is 0 Å². The molecule has 0 saturated carbocycles. The van der Waals surface area contributed by atoms with Gasteiger partial charge in [0, 0.05) is 29.0 Å². The Labute approximate surface area is 230 Å². The van der Waals surface area contributed by atoms with Gasteiger partial charge in [0.2, 0.25) is 5.69 Å². The molecule has 9 rings (SSSR count). The summed E-state index contributed by atoms with van der Waals surface area (Å²) in [7, 11) is 2.18. The van der Waals surface area contributed by atoms with Crippen molar-refractivity contribution in [2.75, 3.05) is 0 Å². The lowest BCUT2D eigenvalue weighted by Crippen LogP contribution is -2.32. The number of aryl methyl sites for hydroxylation is 3. The first-order valence-electron chi connectivity index (χ1n) is 13.9. The van der Waals surface area contributed by atoms with Gasteiger partial charge in [0.1, 0.15) is 7.05 Å². The zero-order valence-electron chi connectivity index (χ0n) is 22.6. The van der Waals surface area contributed by atoms with Crippen molar-refractivity contribution in [1.82, 2.24) is 0 Å². The molecule has 186 valence electrons. The van der Waals surface area contributed by atoms with Crippen molar-refractivity contribution < 1.29 is 4.57 Å². The zero-order valence-corrected chi connectivity index (χ0v) is 22.6. The first kappa shape index (κ1) is 22.5. The third-order valence-electron chi connectivity index (χ3n) is 9.08. The summed E-state index contributed by atoms with van der Waals surface area (Å²) < 4.78 is 2.30. The van der Waals surface area contributed by atoms with Crippen LogP contribution in [0.15, 0.2) is 115 Å². The van der Waals surface area contributed by atoms with Crippen molar-refractivity contribution in [1.29, 1.82) is 0 Å². The van der Waals surface area contributed by atoms with Crippen molar-refractivity contribution in [3.63, 3.8) is 0 Å². The molecule has 0 radical (unpaired) electrons. The minimum Gasteiger partial charge on any atom is -0.201 e. The molecule has 5 aromatic carbocycles. The molecule has 0 saturated heterocycles. The Bertz CT molecular complexity index is 1950. The highest BCUT2D eigenvalue weighted by atomic mass is 14.9. The zero-order chi connectivity index (χ0) is 26.2. The normalized spacial score (nSPS) is 16.6. The van der Waals surface area contributed by atoms with E-state index in [1.54, 1.807) is 0 Å². The predicted molar refractivity (Wildman–Crippen MR) is 160 cm³/mol. The quantitative estimate of drug-likeness (QED) is 0.209. The highest BCUT2D eigenvalue weighted by Gasteiger charge is 2.42. The van der Waals surface area contributed by atoms with Crippen molar-refractivity contribution in [2.24, 2.45) is 7.05 Å². The summed E-state index contributed by atoms with van der Waals surface area (Å²) in [6, 6.07) is 41.0. The van der Waals surface area contributed by atoms with E-state index in [1.807, 2.05) is 0 Å². The van der Waals surface area contributed by atoms with Crippen LogP contribution in [0.3, 0.4) is 0 Å². The van der Waals surface area contributed by atoms with Gasteiger partial charge < -0.3 is 0 Å². The number of nitrogens with zero attached hydrogens (tertiary/aromatic N) is 1. The molecule has 2 bridgehead atoms. The van der Waals surface area contributed by atoms with Crippen LogP contribution < -0.4 is 4.57 Å². The van der Waals surface area contributed by atoms with Crippen LogP contribution in [0.4, 0.5) is 0 Å². The molecule has 2 unspecified atom stereocenters. The van der Waals surface area contributed by atoms with Crippen LogP contribution in [0.1, 0.15) is 56.3 Å². The van der Waals surface area contributed by atoms with E-state index in [9.17, 15) is 0 Å². The van der Waals surface area contributed by atoms with Gasteiger partial charge in [-0.15, -0.1) is 0 Å². The fourth-order valence-corrected chi connectivity index (χ4v) is 7.32. The first-order chi connectivity index (χ1) is 19.1. The molecule has 0 N–H and O–H groups in total. The summed E-state index contributed by atoms with van der Waals surface area (Å²) >= 11 is 0. The van der Waals surface area contributed by atoms with E-state index in [-0.39, 0.29) is 11.8 Å². The summed E-state index contributed by atoms with van der Waals surface area (Å²) in [4.78, 5) is 0. The molecule has 0 amide bonds. The largest absolute Gasteiger partial charge is 0.213 e. The summed E-state index contributed by atoms with van der Waals surface area (Å²) in [5, 5.41) is 2.66. The van der Waals surface area contributed by atoms with Gasteiger partial charge in [-0.3, -0.25) is 0 Å². The average Bonchev–Trinajstić information content (AvgIpc) is 2.96. The van der Waals surface area contributed by atoms with E-state index >= 15 is 0 Å². The second-order valence-corrected chi connectivity index (χ2v) is 11.4. The Morgan fingerprint density at radius 3 is 1.67 bits per heavy atom. The van der Waals surface area contributed by atoms with Crippen LogP contribution in [0, 0.1) is 13.8 Å². The van der Waals surface area contributed by atoms with Gasteiger partial charge in [-0.05, 0) is 92.9 Å². The summed E-state index contributed by atoms with van der Waals surface area (Å²) in [6.45, 7) is 4.50. The van der Waals surface area contributed by atoms with Crippen LogP contribution in [-0.2, 0) is 7.05 Å². The average molecular weight is 501 g/mol. The van der Waals surface area contributed by atoms with Crippen LogP contribution in [0.5, 0.6) is 0 Å². The number of benzene rings is 5. The maximum absolute atomic E-state index is 2.51. The smallest absolute Gasteiger partial charge is 0.201 e. The fourth-order valence-electron chi connectivity index (χ4n) is 7.32. The molecule has 3 aliphatic rings. The van der Waals surface area contributed by atoms with Gasteiger partial charge >= 0.3 is 0 Å². The lowest BCUT2D eigenvalue weighted by molar-refractivity contribution is -0.660. The van der Waals surface area contributed by atoms with Crippen LogP contribution >= 0.6 is 0 Å². The number of aromatic nitrogens is 1. The van der Waals surface area contributed by atoms with E-state index in [0.29, 0.717) is 0 Å². The molecule has 1 nitrogen and oxygen atoms in total. The lowest BCUT2D eigenvalue weighted by Gasteiger charge is -2.42. The Morgan fingerprint density at radius 2 is 1.03 bits per heavy atom. The molecule has 3 aliphatic carbocycles. The van der Waals surface area contributed by atoms with E-state index in [2.05, 4.69) is 141 Å². The van der Waals surface area contributed by atoms with Gasteiger partial charge in [-0.2, -0.15) is 0 Å². The first-order valence-corrected chi connectivity index (χ1v) is 13.9. The van der Waals surface area contributed by atoms with E-state index in [1.165, 1.54) is 77.7 Å². The molecule has 1 aromatic heterocycles. The van der Waals surface area contributed by atoms with Gasteiger partial charge in [-0.25, -0.2) is 4.57 Å². The van der Waals surface area contributed by atoms with E-state index < -0.39 is 0 Å². The summed E-state index contributed by atoms with van der Waals surface area (Å²) in [5.41, 5.74) is 16.6. The molecule has 0 aliphatic heterocycles. The number of fused-ring (bicyclic) bond motifs is 1. The van der Waals surface area contributed by atoms with Crippen molar-refractivity contribution >= 4 is 10.8 Å². The minimum absolute atomic E-state index is 0.254. The molecule has 6 aromatic rings. The Morgan fingerprint density at radius 1 is 0.487 bits per heavy atom. The van der Waals surface area contributed by atoms with Crippen molar-refractivity contribution in [2.45, 2.75) is 25.7 Å². The van der Waals surface area contributed by atoms with E-state index in [4.69, 9.17) is 0 Å². The number of hydrogen-bond acceptors (Lipinski definition) is 0. The third-order valence-corrected chi connectivity index (χ3v) is 9.08. The van der Waals surface area contributed by atoms with Crippen LogP contribution in [0.25, 0.3) is 33.2 Å². The molecule has 2 atom stereocenters. The maximum atomic E-state index is 2.51. The Balaban J connectivity index is 1.37. The summed E-state index contributed by atoms with van der Waals surface area (Å²) in [6.07, 6.45) is 2.28. The molecule has 0 spiro atoms. The highest BCUT2D eigenvalue weighted by Crippen LogP contribution is 2.57. The Hall–Kier alpha value is -4.49. The molecular weight excluding hydrogens is 470 g/mol. The minimum atomic E-state index is 0.254. The highest BCUT2D eigenvalue weighted by molar-refractivity contribution is 5.87. The maximum Gasteiger partial charge on any atom is 0.213 e. The monoisotopic (exact) mass is 500 g/mol. The Kier molecular flexibility index (Phi) is 4.76. The topological polar surface area (TPSA) is 3.88 Å². The van der Waals surface area contributed by atoms with Crippen molar-refractivity contribution in [3.8, 4) is 22.4 Å². The fraction of sp³-hybridized carbons (Fsp3) is 0.132. The van der Waals surface area contributed by atoms with Gasteiger partial charge in [-0.1, -0.05) is 84.9 Å². The lowest BCUT2D eigenvalue weighted by atomic mass is 9.60. The van der Waals surface area contributed by atoms with Gasteiger partial charge in [0.25, 0.3) is 0 Å². The van der Waals surface area contributed by atoms with Crippen LogP contribution in [-0.4, -0.2) is 0 Å². The second kappa shape index (κ2) is 8.25. The standard InChI is InChI=1S/C38H30N/c1-23-17-32-35(20-31(23)36-21-30(24(2)22-39(36)3)25-11-5-4-6-12-25)38-29-16-10-9-15-28(29)37(32)33-18-26-13-7-8-14-27(26)19-34(33)38/h4-22,37-38H,1-3H3/q+1. The van der Waals surface area contributed by atoms with Crippen LogP contribution in [0.2, 0.25) is 0 Å². The molecule has 39 heavy (non-hydrogen) atoms. The SMILES string of the molecule is Cc1c[n+](C)c(-c2cc3c(cc2C)C2c4ccccc4C3c3cc4ccccc4cc32)cc1-c1ccccc1. The molecule has 0 fully saturated rings. The van der Waals surface area contributed by atoms with E-state index in [0.717, 1.165) is 0 Å². The second-order valence-electron chi connectivity index (χ2n) is 11.4. The molecular formula is C38H30N+. The molecule has 1 heteroatoms. The number of pyridine rings is 1. The van der Waals surface area contributed by atoms with Crippen molar-refractivity contribution in [3.05, 3.63) is 160 Å². The van der Waals surface area contributed by atoms with Gasteiger partial charge in [0.15, 0.2) is 6.20 Å². The number of rotatable bonds is 2. The number of hydrogen-bond donors (Lipinski definition) is 0.